The van der Waals surface area contributed by atoms with Crippen LogP contribution in [0.25, 0.3) is 6.08 Å². The van der Waals surface area contributed by atoms with Gasteiger partial charge in [-0.1, -0.05) is 12.1 Å². The Hall–Kier alpha value is -2.14. The predicted molar refractivity (Wildman–Crippen MR) is 79.3 cm³/mol. The zero-order chi connectivity index (χ0) is 14.8. The highest BCUT2D eigenvalue weighted by Crippen LogP contribution is 2.10. The molecule has 0 heterocycles. The molecular weight excluding hydrogens is 256 g/mol. The van der Waals surface area contributed by atoms with Gasteiger partial charge in [0.25, 0.3) is 0 Å². The molecule has 0 aromatic heterocycles. The second kappa shape index (κ2) is 8.87. The van der Waals surface area contributed by atoms with Crippen molar-refractivity contribution in [1.82, 2.24) is 5.32 Å². The maximum atomic E-state index is 11.5. The van der Waals surface area contributed by atoms with Gasteiger partial charge in [-0.3, -0.25) is 9.59 Å². The maximum Gasteiger partial charge on any atom is 0.244 e. The molecule has 0 bridgehead atoms. The van der Waals surface area contributed by atoms with Gasteiger partial charge in [-0.15, -0.1) is 0 Å². The first-order valence-corrected chi connectivity index (χ1v) is 6.44. The largest absolute Gasteiger partial charge is 0.385 e. The molecule has 0 unspecified atom stereocenters. The number of hydrogen-bond acceptors (Lipinski definition) is 3. The summed E-state index contributed by atoms with van der Waals surface area (Å²) in [6, 6.07) is 7.25. The predicted octanol–water partition coefficient (Wildman–Crippen LogP) is 1.81. The smallest absolute Gasteiger partial charge is 0.244 e. The second-order valence-corrected chi connectivity index (χ2v) is 4.27. The lowest BCUT2D eigenvalue weighted by molar-refractivity contribution is -0.116. The fourth-order valence-electron chi connectivity index (χ4n) is 1.54. The average Bonchev–Trinajstić information content (AvgIpc) is 2.42. The minimum atomic E-state index is -0.132. The molecule has 2 N–H and O–H groups in total. The van der Waals surface area contributed by atoms with Crippen molar-refractivity contribution in [3.05, 3.63) is 35.9 Å². The molecule has 0 aliphatic carbocycles. The first-order valence-electron chi connectivity index (χ1n) is 6.44. The van der Waals surface area contributed by atoms with E-state index in [2.05, 4.69) is 10.6 Å². The van der Waals surface area contributed by atoms with E-state index in [-0.39, 0.29) is 11.8 Å². The lowest BCUT2D eigenvalue weighted by Crippen LogP contribution is -2.22. The van der Waals surface area contributed by atoms with Gasteiger partial charge in [-0.25, -0.2) is 0 Å². The fraction of sp³-hybridized carbons (Fsp3) is 0.333. The second-order valence-electron chi connectivity index (χ2n) is 4.27. The van der Waals surface area contributed by atoms with Crippen LogP contribution in [0.1, 0.15) is 18.9 Å². The van der Waals surface area contributed by atoms with Crippen LogP contribution in [0.4, 0.5) is 5.69 Å². The highest BCUT2D eigenvalue weighted by atomic mass is 16.5. The van der Waals surface area contributed by atoms with Crippen LogP contribution in [0, 0.1) is 0 Å². The molecule has 0 fully saturated rings. The Balaban J connectivity index is 2.41. The van der Waals surface area contributed by atoms with E-state index in [0.717, 1.165) is 17.7 Å². The van der Waals surface area contributed by atoms with E-state index < -0.39 is 0 Å². The lowest BCUT2D eigenvalue weighted by Gasteiger charge is -2.02. The molecule has 108 valence electrons. The molecule has 0 radical (unpaired) electrons. The molecule has 0 spiro atoms. The molecule has 0 aliphatic heterocycles. The van der Waals surface area contributed by atoms with Crippen LogP contribution in [-0.2, 0) is 14.3 Å². The molecule has 5 heteroatoms. The summed E-state index contributed by atoms with van der Waals surface area (Å²) in [5.41, 5.74) is 1.63. The van der Waals surface area contributed by atoms with Gasteiger partial charge in [0, 0.05) is 38.9 Å². The number of nitrogens with one attached hydrogen (secondary N) is 2. The van der Waals surface area contributed by atoms with Gasteiger partial charge < -0.3 is 15.4 Å². The first-order chi connectivity index (χ1) is 9.61. The summed E-state index contributed by atoms with van der Waals surface area (Å²) in [5.74, 6) is -0.240. The summed E-state index contributed by atoms with van der Waals surface area (Å²) in [7, 11) is 1.63. The number of rotatable bonds is 7. The van der Waals surface area contributed by atoms with Crippen molar-refractivity contribution < 1.29 is 14.3 Å². The average molecular weight is 276 g/mol. The zero-order valence-corrected chi connectivity index (χ0v) is 11.8. The summed E-state index contributed by atoms with van der Waals surface area (Å²) in [5, 5.41) is 5.45. The SMILES string of the molecule is COCCCNC(=O)/C=C/c1ccc(NC(C)=O)cc1. The molecule has 1 rings (SSSR count). The summed E-state index contributed by atoms with van der Waals surface area (Å²) < 4.78 is 4.89. The van der Waals surface area contributed by atoms with E-state index in [4.69, 9.17) is 4.74 Å². The third kappa shape index (κ3) is 6.70. The van der Waals surface area contributed by atoms with Crippen LogP contribution < -0.4 is 10.6 Å². The highest BCUT2D eigenvalue weighted by Gasteiger charge is 1.96. The minimum absolute atomic E-state index is 0.108. The number of methoxy groups -OCH3 is 1. The third-order valence-corrected chi connectivity index (χ3v) is 2.48. The molecule has 0 saturated heterocycles. The number of anilines is 1. The number of carbonyl (C=O) groups is 2. The Kier molecular flexibility index (Phi) is 7.06. The molecule has 2 amide bonds. The van der Waals surface area contributed by atoms with Crippen molar-refractivity contribution >= 4 is 23.6 Å². The minimum Gasteiger partial charge on any atom is -0.385 e. The quantitative estimate of drug-likeness (QED) is 0.589. The van der Waals surface area contributed by atoms with E-state index in [1.807, 2.05) is 12.1 Å². The van der Waals surface area contributed by atoms with Gasteiger partial charge in [-0.05, 0) is 30.2 Å². The summed E-state index contributed by atoms with van der Waals surface area (Å²) in [4.78, 5) is 22.4. The number of amides is 2. The first kappa shape index (κ1) is 15.9. The van der Waals surface area contributed by atoms with Crippen LogP contribution in [0.2, 0.25) is 0 Å². The molecule has 1 aromatic carbocycles. The van der Waals surface area contributed by atoms with Gasteiger partial charge in [0.1, 0.15) is 0 Å². The Morgan fingerprint density at radius 3 is 2.55 bits per heavy atom. The monoisotopic (exact) mass is 276 g/mol. The van der Waals surface area contributed by atoms with Crippen molar-refractivity contribution in [2.45, 2.75) is 13.3 Å². The van der Waals surface area contributed by atoms with Crippen molar-refractivity contribution in [2.75, 3.05) is 25.6 Å². The molecule has 0 saturated carbocycles. The lowest BCUT2D eigenvalue weighted by atomic mass is 10.2. The van der Waals surface area contributed by atoms with E-state index in [1.54, 1.807) is 25.3 Å². The molecule has 1 aromatic rings. The topological polar surface area (TPSA) is 67.4 Å². The van der Waals surface area contributed by atoms with Gasteiger partial charge in [0.15, 0.2) is 0 Å². The fourth-order valence-corrected chi connectivity index (χ4v) is 1.54. The van der Waals surface area contributed by atoms with Crippen molar-refractivity contribution in [3.8, 4) is 0 Å². The molecule has 0 aliphatic rings. The van der Waals surface area contributed by atoms with Crippen LogP contribution in [-0.4, -0.2) is 32.1 Å². The molecular formula is C15H20N2O3. The van der Waals surface area contributed by atoms with E-state index in [9.17, 15) is 9.59 Å². The highest BCUT2D eigenvalue weighted by molar-refractivity contribution is 5.92. The van der Waals surface area contributed by atoms with Crippen molar-refractivity contribution in [1.29, 1.82) is 0 Å². The maximum absolute atomic E-state index is 11.5. The van der Waals surface area contributed by atoms with Gasteiger partial charge in [0.2, 0.25) is 11.8 Å². The Morgan fingerprint density at radius 2 is 1.95 bits per heavy atom. The molecule has 20 heavy (non-hydrogen) atoms. The van der Waals surface area contributed by atoms with E-state index in [0.29, 0.717) is 13.2 Å². The van der Waals surface area contributed by atoms with Crippen molar-refractivity contribution in [3.63, 3.8) is 0 Å². The Bertz CT molecular complexity index is 467. The van der Waals surface area contributed by atoms with Crippen LogP contribution >= 0.6 is 0 Å². The summed E-state index contributed by atoms with van der Waals surface area (Å²) in [6.45, 7) is 2.69. The molecule has 0 atom stereocenters. The number of benzene rings is 1. The summed E-state index contributed by atoms with van der Waals surface area (Å²) in [6.07, 6.45) is 4.00. The standard InChI is InChI=1S/C15H20N2O3/c1-12(18)17-14-7-4-13(5-8-14)6-9-15(19)16-10-3-11-20-2/h4-9H,3,10-11H2,1-2H3,(H,16,19)(H,17,18)/b9-6+. The zero-order valence-electron chi connectivity index (χ0n) is 11.8. The molecule has 5 nitrogen and oxygen atoms in total. The number of hydrogen-bond donors (Lipinski definition) is 2. The number of ether oxygens (including phenoxy) is 1. The Labute approximate surface area is 119 Å². The van der Waals surface area contributed by atoms with E-state index >= 15 is 0 Å². The van der Waals surface area contributed by atoms with Crippen LogP contribution in [0.5, 0.6) is 0 Å². The van der Waals surface area contributed by atoms with Crippen molar-refractivity contribution in [2.24, 2.45) is 0 Å². The van der Waals surface area contributed by atoms with E-state index in [1.165, 1.54) is 13.0 Å². The number of carbonyl (C=O) groups excluding carboxylic acids is 2. The van der Waals surface area contributed by atoms with Crippen LogP contribution in [0.3, 0.4) is 0 Å². The summed E-state index contributed by atoms with van der Waals surface area (Å²) >= 11 is 0. The Morgan fingerprint density at radius 1 is 1.25 bits per heavy atom. The van der Waals surface area contributed by atoms with Crippen LogP contribution in [0.15, 0.2) is 30.3 Å². The normalized spacial score (nSPS) is 10.5. The van der Waals surface area contributed by atoms with Gasteiger partial charge in [-0.2, -0.15) is 0 Å². The third-order valence-electron chi connectivity index (χ3n) is 2.48. The van der Waals surface area contributed by atoms with Gasteiger partial charge in [0.05, 0.1) is 0 Å². The van der Waals surface area contributed by atoms with Gasteiger partial charge >= 0.3 is 0 Å².